The van der Waals surface area contributed by atoms with Gasteiger partial charge in [-0.2, -0.15) is 0 Å². The molecule has 9 heteroatoms. The summed E-state index contributed by atoms with van der Waals surface area (Å²) < 4.78 is 16.4. The normalized spacial score (nSPS) is 15.1. The van der Waals surface area contributed by atoms with Gasteiger partial charge in [0.15, 0.2) is 0 Å². The van der Waals surface area contributed by atoms with E-state index < -0.39 is 5.92 Å². The van der Waals surface area contributed by atoms with E-state index in [0.717, 1.165) is 16.8 Å². The molecule has 128 valence electrons. The second-order valence-corrected chi connectivity index (χ2v) is 5.57. The zero-order valence-electron chi connectivity index (χ0n) is 13.8. The molecule has 2 aromatic heterocycles. The lowest BCUT2D eigenvalue weighted by molar-refractivity contribution is 0.384. The van der Waals surface area contributed by atoms with Crippen molar-refractivity contribution in [2.45, 2.75) is 12.8 Å². The van der Waals surface area contributed by atoms with Crippen LogP contribution in [0.3, 0.4) is 0 Å². The quantitative estimate of drug-likeness (QED) is 0.580. The highest BCUT2D eigenvalue weighted by atomic mass is 16.5. The van der Waals surface area contributed by atoms with Gasteiger partial charge in [-0.25, -0.2) is 5.10 Å². The Hall–Kier alpha value is -3.36. The fourth-order valence-electron chi connectivity index (χ4n) is 3.09. The number of nitrogens with one attached hydrogen (secondary N) is 2. The predicted octanol–water partition coefficient (Wildman–Crippen LogP) is 1.50. The minimum Gasteiger partial charge on any atom is -0.497 e. The van der Waals surface area contributed by atoms with Crippen molar-refractivity contribution < 1.29 is 14.2 Å². The molecule has 1 unspecified atom stereocenters. The van der Waals surface area contributed by atoms with Crippen LogP contribution in [0.25, 0.3) is 0 Å². The topological polar surface area (TPSA) is 115 Å². The molecule has 1 aliphatic heterocycles. The average molecular weight is 341 g/mol. The van der Waals surface area contributed by atoms with Gasteiger partial charge in [0.1, 0.15) is 11.5 Å². The Balaban J connectivity index is 2.02. The maximum Gasteiger partial charge on any atom is 0.275 e. The zero-order chi connectivity index (χ0) is 17.6. The molecule has 2 N–H and O–H groups in total. The minimum atomic E-state index is -0.461. The number of hydrogen-bond donors (Lipinski definition) is 2. The number of aromatic nitrogens is 5. The summed E-state index contributed by atoms with van der Waals surface area (Å²) in [6, 6.07) is 5.43. The van der Waals surface area contributed by atoms with Crippen LogP contribution in [0.4, 0.5) is 0 Å². The fourth-order valence-corrected chi connectivity index (χ4v) is 3.09. The van der Waals surface area contributed by atoms with Crippen molar-refractivity contribution in [1.29, 1.82) is 0 Å². The number of fused-ring (bicyclic) bond motifs is 2. The van der Waals surface area contributed by atoms with Crippen molar-refractivity contribution in [3.05, 3.63) is 50.9 Å². The number of ether oxygens (including phenoxy) is 3. The Morgan fingerprint density at radius 2 is 1.96 bits per heavy atom. The van der Waals surface area contributed by atoms with Gasteiger partial charge >= 0.3 is 0 Å². The first-order valence-electron chi connectivity index (χ1n) is 7.54. The second-order valence-electron chi connectivity index (χ2n) is 5.57. The molecule has 0 spiro atoms. The van der Waals surface area contributed by atoms with Crippen LogP contribution in [0.15, 0.2) is 23.0 Å². The van der Waals surface area contributed by atoms with Crippen LogP contribution < -0.4 is 19.8 Å². The molecule has 1 aliphatic rings. The number of methoxy groups -OCH3 is 2. The summed E-state index contributed by atoms with van der Waals surface area (Å²) in [7, 11) is 3.15. The second kappa shape index (κ2) is 5.62. The van der Waals surface area contributed by atoms with Gasteiger partial charge in [-0.3, -0.25) is 9.89 Å². The Morgan fingerprint density at radius 3 is 2.72 bits per heavy atom. The van der Waals surface area contributed by atoms with E-state index in [1.54, 1.807) is 20.3 Å². The summed E-state index contributed by atoms with van der Waals surface area (Å²) in [5.41, 5.74) is 2.31. The van der Waals surface area contributed by atoms with Crippen LogP contribution in [-0.4, -0.2) is 39.8 Å². The van der Waals surface area contributed by atoms with E-state index in [2.05, 4.69) is 25.6 Å². The summed E-state index contributed by atoms with van der Waals surface area (Å²) in [6.45, 7) is 1.87. The SMILES string of the molecule is COc1ccc(C2c3c(n[nH]c3C)Oc3nn[nH]c(=O)c32)c(OC)c1. The van der Waals surface area contributed by atoms with Crippen molar-refractivity contribution >= 4 is 0 Å². The van der Waals surface area contributed by atoms with E-state index in [4.69, 9.17) is 14.2 Å². The summed E-state index contributed by atoms with van der Waals surface area (Å²) in [6.07, 6.45) is 0. The molecule has 3 aromatic rings. The molecule has 0 amide bonds. The molecule has 9 nitrogen and oxygen atoms in total. The molecule has 0 saturated carbocycles. The van der Waals surface area contributed by atoms with Crippen LogP contribution in [0.5, 0.6) is 23.3 Å². The fraction of sp³-hybridized carbons (Fsp3) is 0.250. The third-order valence-corrected chi connectivity index (χ3v) is 4.25. The molecule has 4 rings (SSSR count). The number of rotatable bonds is 3. The van der Waals surface area contributed by atoms with Crippen LogP contribution in [0.2, 0.25) is 0 Å². The number of aromatic amines is 2. The lowest BCUT2D eigenvalue weighted by Gasteiger charge is -2.25. The molecule has 3 heterocycles. The molecule has 0 radical (unpaired) electrons. The highest BCUT2D eigenvalue weighted by Crippen LogP contribution is 2.47. The molecule has 1 atom stereocenters. The lowest BCUT2D eigenvalue weighted by Crippen LogP contribution is -2.25. The van der Waals surface area contributed by atoms with Gasteiger partial charge in [-0.1, -0.05) is 16.4 Å². The smallest absolute Gasteiger partial charge is 0.275 e. The average Bonchev–Trinajstić information content (AvgIpc) is 3.00. The maximum atomic E-state index is 12.5. The molecule has 0 aliphatic carbocycles. The van der Waals surface area contributed by atoms with Crippen molar-refractivity contribution in [2.75, 3.05) is 14.2 Å². The first kappa shape index (κ1) is 15.2. The van der Waals surface area contributed by atoms with Gasteiger partial charge in [0.25, 0.3) is 11.4 Å². The maximum absolute atomic E-state index is 12.5. The summed E-state index contributed by atoms with van der Waals surface area (Å²) >= 11 is 0. The van der Waals surface area contributed by atoms with E-state index in [0.29, 0.717) is 22.9 Å². The number of H-pyrrole nitrogens is 2. The predicted molar refractivity (Wildman–Crippen MR) is 86.5 cm³/mol. The van der Waals surface area contributed by atoms with Gasteiger partial charge < -0.3 is 14.2 Å². The van der Waals surface area contributed by atoms with Crippen molar-refractivity contribution in [2.24, 2.45) is 0 Å². The van der Waals surface area contributed by atoms with Crippen LogP contribution in [0.1, 0.15) is 28.3 Å². The van der Waals surface area contributed by atoms with Crippen LogP contribution >= 0.6 is 0 Å². The van der Waals surface area contributed by atoms with E-state index >= 15 is 0 Å². The Kier molecular flexibility index (Phi) is 3.41. The standard InChI is InChI=1S/C16H15N5O4/c1-7-11-12(9-5-4-8(23-2)6-10(9)24-3)13-14(22)18-21-20-16(13)25-15(11)19-17-7/h4-6,12H,1-3H3,(H,17,19)(H,18,20,22). The van der Waals surface area contributed by atoms with Crippen LogP contribution in [0, 0.1) is 6.92 Å². The zero-order valence-corrected chi connectivity index (χ0v) is 13.8. The van der Waals surface area contributed by atoms with Crippen molar-refractivity contribution in [3.8, 4) is 23.3 Å². The molecule has 0 bridgehead atoms. The first-order valence-corrected chi connectivity index (χ1v) is 7.54. The largest absolute Gasteiger partial charge is 0.497 e. The minimum absolute atomic E-state index is 0.130. The van der Waals surface area contributed by atoms with E-state index in [9.17, 15) is 4.79 Å². The highest BCUT2D eigenvalue weighted by molar-refractivity contribution is 5.58. The molecular formula is C16H15N5O4. The molecule has 1 aromatic carbocycles. The van der Waals surface area contributed by atoms with Crippen molar-refractivity contribution in [3.63, 3.8) is 0 Å². The first-order chi connectivity index (χ1) is 12.1. The lowest BCUT2D eigenvalue weighted by atomic mass is 9.84. The van der Waals surface area contributed by atoms with E-state index in [1.807, 2.05) is 19.1 Å². The molecule has 25 heavy (non-hydrogen) atoms. The highest BCUT2D eigenvalue weighted by Gasteiger charge is 2.37. The summed E-state index contributed by atoms with van der Waals surface area (Å²) in [5, 5.41) is 16.9. The van der Waals surface area contributed by atoms with Gasteiger partial charge in [0, 0.05) is 22.9 Å². The Morgan fingerprint density at radius 1 is 1.12 bits per heavy atom. The third kappa shape index (κ3) is 2.24. The molecule has 0 fully saturated rings. The van der Waals surface area contributed by atoms with Gasteiger partial charge in [-0.05, 0) is 13.0 Å². The monoisotopic (exact) mass is 341 g/mol. The molecular weight excluding hydrogens is 326 g/mol. The van der Waals surface area contributed by atoms with E-state index in [1.165, 1.54) is 0 Å². The summed E-state index contributed by atoms with van der Waals surface area (Å²) in [5.74, 6) is 1.27. The van der Waals surface area contributed by atoms with Crippen molar-refractivity contribution in [1.82, 2.24) is 25.6 Å². The number of hydrogen-bond acceptors (Lipinski definition) is 7. The third-order valence-electron chi connectivity index (χ3n) is 4.25. The molecule has 0 saturated heterocycles. The van der Waals surface area contributed by atoms with Gasteiger partial charge in [0.05, 0.1) is 25.7 Å². The van der Waals surface area contributed by atoms with Gasteiger partial charge in [0.2, 0.25) is 5.88 Å². The van der Waals surface area contributed by atoms with Gasteiger partial charge in [-0.15, -0.1) is 5.10 Å². The van der Waals surface area contributed by atoms with E-state index in [-0.39, 0.29) is 11.4 Å². The van der Waals surface area contributed by atoms with Crippen LogP contribution in [-0.2, 0) is 0 Å². The number of nitrogens with zero attached hydrogens (tertiary/aromatic N) is 3. The number of benzene rings is 1. The Bertz CT molecular complexity index is 1010. The Labute approximate surface area is 141 Å². The summed E-state index contributed by atoms with van der Waals surface area (Å²) in [4.78, 5) is 12.5. The number of aryl methyl sites for hydroxylation is 1.